The molecule has 0 radical (unpaired) electrons. The molecule has 8 heteroatoms. The van der Waals surface area contributed by atoms with Crippen LogP contribution in [0.15, 0.2) is 21.6 Å². The summed E-state index contributed by atoms with van der Waals surface area (Å²) in [7, 11) is -0.441. The summed E-state index contributed by atoms with van der Waals surface area (Å²) in [5, 5.41) is 3.06. The molecule has 0 aliphatic rings. The van der Waals surface area contributed by atoms with Gasteiger partial charge in [-0.25, -0.2) is 8.42 Å². The van der Waals surface area contributed by atoms with Gasteiger partial charge in [0.25, 0.3) is 10.0 Å². The van der Waals surface area contributed by atoms with Crippen molar-refractivity contribution in [3.05, 3.63) is 17.9 Å². The number of methoxy groups -OCH3 is 2. The molecular formula is C13H24N2O5S. The van der Waals surface area contributed by atoms with Crippen LogP contribution in [-0.2, 0) is 26.0 Å². The molecule has 0 atom stereocenters. The van der Waals surface area contributed by atoms with Crippen molar-refractivity contribution in [2.45, 2.75) is 18.6 Å². The molecule has 0 amide bonds. The van der Waals surface area contributed by atoms with E-state index < -0.39 is 10.0 Å². The van der Waals surface area contributed by atoms with Crippen LogP contribution >= 0.6 is 0 Å². The fraction of sp³-hybridized carbons (Fsp3) is 0.692. The molecule has 0 fully saturated rings. The van der Waals surface area contributed by atoms with E-state index in [1.165, 1.54) is 17.5 Å². The molecule has 1 N–H and O–H groups in total. The van der Waals surface area contributed by atoms with Gasteiger partial charge in [-0.1, -0.05) is 6.92 Å². The molecule has 0 aliphatic heterocycles. The van der Waals surface area contributed by atoms with E-state index in [0.717, 1.165) is 0 Å². The van der Waals surface area contributed by atoms with Crippen LogP contribution in [0.5, 0.6) is 0 Å². The summed E-state index contributed by atoms with van der Waals surface area (Å²) in [5.74, 6) is 0.576. The third kappa shape index (κ3) is 5.40. The van der Waals surface area contributed by atoms with Gasteiger partial charge in [-0.15, -0.1) is 0 Å². The number of hydrogen-bond donors (Lipinski definition) is 1. The number of furan rings is 1. The van der Waals surface area contributed by atoms with Gasteiger partial charge < -0.3 is 19.2 Å². The predicted molar refractivity (Wildman–Crippen MR) is 78.6 cm³/mol. The van der Waals surface area contributed by atoms with Gasteiger partial charge in [0.1, 0.15) is 5.76 Å². The maximum absolute atomic E-state index is 12.4. The minimum atomic E-state index is -3.60. The number of hydrogen-bond acceptors (Lipinski definition) is 6. The Morgan fingerprint density at radius 3 is 2.57 bits per heavy atom. The molecule has 122 valence electrons. The Balaban J connectivity index is 2.68. The number of nitrogens with one attached hydrogen (secondary N) is 1. The van der Waals surface area contributed by atoms with E-state index in [9.17, 15) is 8.42 Å². The lowest BCUT2D eigenvalue weighted by molar-refractivity contribution is 0.179. The van der Waals surface area contributed by atoms with Gasteiger partial charge in [-0.3, -0.25) is 0 Å². The fourth-order valence-corrected chi connectivity index (χ4v) is 3.11. The first-order chi connectivity index (χ1) is 10.1. The summed E-state index contributed by atoms with van der Waals surface area (Å²) in [4.78, 5) is 0. The highest BCUT2D eigenvalue weighted by atomic mass is 32.2. The van der Waals surface area contributed by atoms with Crippen molar-refractivity contribution >= 4 is 10.0 Å². The average molecular weight is 320 g/mol. The first-order valence-corrected chi connectivity index (χ1v) is 8.27. The van der Waals surface area contributed by atoms with Crippen LogP contribution < -0.4 is 5.32 Å². The van der Waals surface area contributed by atoms with E-state index in [1.807, 2.05) is 0 Å². The number of ether oxygens (including phenoxy) is 2. The van der Waals surface area contributed by atoms with E-state index in [2.05, 4.69) is 5.32 Å². The molecule has 0 unspecified atom stereocenters. The summed E-state index contributed by atoms with van der Waals surface area (Å²) in [6, 6.07) is 3.15. The second-order valence-corrected chi connectivity index (χ2v) is 6.25. The van der Waals surface area contributed by atoms with Crippen molar-refractivity contribution < 1.29 is 22.3 Å². The Bertz CT molecular complexity index is 500. The molecule has 1 aromatic heterocycles. The van der Waals surface area contributed by atoms with Crippen LogP contribution in [0, 0.1) is 0 Å². The van der Waals surface area contributed by atoms with E-state index >= 15 is 0 Å². The van der Waals surface area contributed by atoms with Crippen molar-refractivity contribution in [2.75, 3.05) is 47.1 Å². The zero-order valence-corrected chi connectivity index (χ0v) is 13.6. The topological polar surface area (TPSA) is 81.0 Å². The largest absolute Gasteiger partial charge is 0.447 e. The van der Waals surface area contributed by atoms with Gasteiger partial charge >= 0.3 is 0 Å². The normalized spacial score (nSPS) is 12.2. The van der Waals surface area contributed by atoms with Crippen molar-refractivity contribution in [3.63, 3.8) is 0 Å². The SMILES string of the molecule is CCN(CCOC)S(=O)(=O)c1ccc(CNCCOC)o1. The quantitative estimate of drug-likeness (QED) is 0.604. The van der Waals surface area contributed by atoms with Crippen LogP contribution in [0.25, 0.3) is 0 Å². The number of likely N-dealkylation sites (N-methyl/N-ethyl adjacent to an activating group) is 1. The van der Waals surface area contributed by atoms with Crippen LogP contribution in [0.2, 0.25) is 0 Å². The van der Waals surface area contributed by atoms with E-state index in [-0.39, 0.29) is 5.09 Å². The van der Waals surface area contributed by atoms with Gasteiger partial charge in [-0.05, 0) is 12.1 Å². The summed E-state index contributed by atoms with van der Waals surface area (Å²) < 4.78 is 41.4. The highest BCUT2D eigenvalue weighted by molar-refractivity contribution is 7.89. The van der Waals surface area contributed by atoms with Crippen LogP contribution in [-0.4, -0.2) is 59.8 Å². The zero-order chi connectivity index (χ0) is 15.7. The summed E-state index contributed by atoms with van der Waals surface area (Å²) in [5.41, 5.74) is 0. The third-order valence-corrected chi connectivity index (χ3v) is 4.76. The number of nitrogens with zero attached hydrogens (tertiary/aromatic N) is 1. The number of sulfonamides is 1. The first kappa shape index (κ1) is 18.1. The highest BCUT2D eigenvalue weighted by Gasteiger charge is 2.26. The molecule has 0 saturated heterocycles. The summed E-state index contributed by atoms with van der Waals surface area (Å²) in [6.45, 7) is 4.53. The molecule has 0 bridgehead atoms. The van der Waals surface area contributed by atoms with Gasteiger partial charge in [-0.2, -0.15) is 4.31 Å². The molecule has 0 saturated carbocycles. The lowest BCUT2D eigenvalue weighted by atomic mass is 10.4. The zero-order valence-electron chi connectivity index (χ0n) is 12.8. The summed E-state index contributed by atoms with van der Waals surface area (Å²) >= 11 is 0. The van der Waals surface area contributed by atoms with Crippen LogP contribution in [0.3, 0.4) is 0 Å². The van der Waals surface area contributed by atoms with E-state index in [1.54, 1.807) is 20.1 Å². The molecule has 1 aromatic rings. The number of rotatable bonds is 11. The van der Waals surface area contributed by atoms with Gasteiger partial charge in [0, 0.05) is 33.9 Å². The third-order valence-electron chi connectivity index (χ3n) is 2.91. The maximum atomic E-state index is 12.4. The lowest BCUT2D eigenvalue weighted by Gasteiger charge is -2.18. The second kappa shape index (κ2) is 9.16. The lowest BCUT2D eigenvalue weighted by Crippen LogP contribution is -2.33. The van der Waals surface area contributed by atoms with Gasteiger partial charge in [0.15, 0.2) is 0 Å². The Morgan fingerprint density at radius 2 is 1.95 bits per heavy atom. The highest BCUT2D eigenvalue weighted by Crippen LogP contribution is 2.18. The first-order valence-electron chi connectivity index (χ1n) is 6.83. The molecule has 7 nitrogen and oxygen atoms in total. The Morgan fingerprint density at radius 1 is 1.24 bits per heavy atom. The van der Waals surface area contributed by atoms with E-state index in [0.29, 0.717) is 45.2 Å². The van der Waals surface area contributed by atoms with Gasteiger partial charge in [0.2, 0.25) is 5.09 Å². The van der Waals surface area contributed by atoms with Crippen molar-refractivity contribution in [1.82, 2.24) is 9.62 Å². The molecule has 0 aromatic carbocycles. The van der Waals surface area contributed by atoms with E-state index in [4.69, 9.17) is 13.9 Å². The Labute approximate surface area is 126 Å². The molecule has 21 heavy (non-hydrogen) atoms. The van der Waals surface area contributed by atoms with Crippen molar-refractivity contribution in [2.24, 2.45) is 0 Å². The maximum Gasteiger partial charge on any atom is 0.276 e. The monoisotopic (exact) mass is 320 g/mol. The standard InChI is InChI=1S/C13H24N2O5S/c1-4-15(8-10-19-3)21(16,17)13-6-5-12(20-13)11-14-7-9-18-2/h5-6,14H,4,7-11H2,1-3H3. The molecule has 0 spiro atoms. The second-order valence-electron chi connectivity index (χ2n) is 4.38. The Kier molecular flexibility index (Phi) is 7.91. The Hall–Kier alpha value is -0.930. The minimum absolute atomic E-state index is 0.0380. The van der Waals surface area contributed by atoms with Crippen LogP contribution in [0.4, 0.5) is 0 Å². The molecular weight excluding hydrogens is 296 g/mol. The van der Waals surface area contributed by atoms with Crippen LogP contribution in [0.1, 0.15) is 12.7 Å². The molecule has 0 aliphatic carbocycles. The predicted octanol–water partition coefficient (Wildman–Crippen LogP) is 0.673. The fourth-order valence-electron chi connectivity index (χ4n) is 1.75. The molecule has 1 rings (SSSR count). The van der Waals surface area contributed by atoms with Crippen molar-refractivity contribution in [1.29, 1.82) is 0 Å². The van der Waals surface area contributed by atoms with Gasteiger partial charge in [0.05, 0.1) is 19.8 Å². The average Bonchev–Trinajstić information content (AvgIpc) is 2.94. The smallest absolute Gasteiger partial charge is 0.276 e. The summed E-state index contributed by atoms with van der Waals surface area (Å²) in [6.07, 6.45) is 0. The van der Waals surface area contributed by atoms with Crippen molar-refractivity contribution in [3.8, 4) is 0 Å². The molecule has 1 heterocycles. The minimum Gasteiger partial charge on any atom is -0.447 e.